The summed E-state index contributed by atoms with van der Waals surface area (Å²) in [6.45, 7) is 1.64. The smallest absolute Gasteiger partial charge is 0.178 e. The van der Waals surface area contributed by atoms with E-state index in [0.717, 1.165) is 24.5 Å². The van der Waals surface area contributed by atoms with Gasteiger partial charge in [-0.05, 0) is 25.0 Å². The van der Waals surface area contributed by atoms with Crippen molar-refractivity contribution < 1.29 is 4.39 Å². The van der Waals surface area contributed by atoms with Crippen molar-refractivity contribution in [1.82, 2.24) is 20.3 Å². The van der Waals surface area contributed by atoms with E-state index >= 15 is 0 Å². The molecule has 4 rings (SSSR count). The van der Waals surface area contributed by atoms with E-state index in [-0.39, 0.29) is 5.82 Å². The molecule has 0 unspecified atom stereocenters. The van der Waals surface area contributed by atoms with Crippen LogP contribution in [0.3, 0.4) is 0 Å². The van der Waals surface area contributed by atoms with E-state index in [9.17, 15) is 4.39 Å². The van der Waals surface area contributed by atoms with Crippen molar-refractivity contribution in [3.63, 3.8) is 0 Å². The van der Waals surface area contributed by atoms with Gasteiger partial charge in [-0.3, -0.25) is 0 Å². The van der Waals surface area contributed by atoms with Crippen LogP contribution in [0.15, 0.2) is 18.3 Å². The highest BCUT2D eigenvalue weighted by molar-refractivity contribution is 5.51. The molecule has 19 heavy (non-hydrogen) atoms. The molecular formula is C14H13FN4. The van der Waals surface area contributed by atoms with Crippen molar-refractivity contribution >= 4 is 0 Å². The standard InChI is InChI=1S/C14H13FN4/c15-9-3-4-11(17-5-9)14-18-12-7-16-6-10(12)13(19-14)8-1-2-8/h3-5,8,16H,1-2,6-7H2. The second kappa shape index (κ2) is 4.06. The first kappa shape index (κ1) is 11.0. The van der Waals surface area contributed by atoms with E-state index in [1.54, 1.807) is 6.07 Å². The lowest BCUT2D eigenvalue weighted by atomic mass is 10.1. The number of rotatable bonds is 2. The van der Waals surface area contributed by atoms with Gasteiger partial charge in [-0.2, -0.15) is 0 Å². The van der Waals surface area contributed by atoms with Crippen LogP contribution in [0.1, 0.15) is 35.7 Å². The summed E-state index contributed by atoms with van der Waals surface area (Å²) >= 11 is 0. The van der Waals surface area contributed by atoms with Crippen molar-refractivity contribution in [2.45, 2.75) is 31.8 Å². The highest BCUT2D eigenvalue weighted by Crippen LogP contribution is 2.42. The molecule has 4 nitrogen and oxygen atoms in total. The van der Waals surface area contributed by atoms with Crippen LogP contribution in [0.25, 0.3) is 11.5 Å². The summed E-state index contributed by atoms with van der Waals surface area (Å²) in [7, 11) is 0. The summed E-state index contributed by atoms with van der Waals surface area (Å²) < 4.78 is 12.9. The predicted molar refractivity (Wildman–Crippen MR) is 67.7 cm³/mol. The average Bonchev–Trinajstić information content (AvgIpc) is 3.16. The van der Waals surface area contributed by atoms with Gasteiger partial charge in [0.25, 0.3) is 0 Å². The first-order valence-corrected chi connectivity index (χ1v) is 6.53. The van der Waals surface area contributed by atoms with Gasteiger partial charge in [-0.15, -0.1) is 0 Å². The molecule has 3 heterocycles. The zero-order chi connectivity index (χ0) is 12.8. The largest absolute Gasteiger partial charge is 0.307 e. The third kappa shape index (κ3) is 1.90. The average molecular weight is 256 g/mol. The highest BCUT2D eigenvalue weighted by Gasteiger charge is 2.31. The lowest BCUT2D eigenvalue weighted by molar-refractivity contribution is 0.621. The lowest BCUT2D eigenvalue weighted by Crippen LogP contribution is -2.03. The molecule has 0 spiro atoms. The Morgan fingerprint density at radius 2 is 2.05 bits per heavy atom. The fraction of sp³-hybridized carbons (Fsp3) is 0.357. The Morgan fingerprint density at radius 3 is 2.79 bits per heavy atom. The van der Waals surface area contributed by atoms with E-state index in [1.807, 2.05) is 0 Å². The van der Waals surface area contributed by atoms with Crippen LogP contribution >= 0.6 is 0 Å². The molecule has 0 radical (unpaired) electrons. The monoisotopic (exact) mass is 256 g/mol. The number of aromatic nitrogens is 3. The third-order valence-corrected chi connectivity index (χ3v) is 3.64. The first-order chi connectivity index (χ1) is 9.31. The molecule has 5 heteroatoms. The molecule has 2 aromatic heterocycles. The number of nitrogens with zero attached hydrogens (tertiary/aromatic N) is 3. The number of fused-ring (bicyclic) bond motifs is 1. The summed E-state index contributed by atoms with van der Waals surface area (Å²) in [6, 6.07) is 3.03. The van der Waals surface area contributed by atoms with Gasteiger partial charge in [0.1, 0.15) is 11.5 Å². The van der Waals surface area contributed by atoms with Crippen molar-refractivity contribution in [3.05, 3.63) is 41.1 Å². The molecule has 1 aliphatic carbocycles. The Balaban J connectivity index is 1.84. The number of hydrogen-bond donors (Lipinski definition) is 1. The van der Waals surface area contributed by atoms with Gasteiger partial charge in [-0.25, -0.2) is 19.3 Å². The third-order valence-electron chi connectivity index (χ3n) is 3.64. The van der Waals surface area contributed by atoms with Crippen molar-refractivity contribution in [2.24, 2.45) is 0 Å². The molecule has 2 aromatic rings. The van der Waals surface area contributed by atoms with Gasteiger partial charge < -0.3 is 5.32 Å². The van der Waals surface area contributed by atoms with Crippen LogP contribution in [0.5, 0.6) is 0 Å². The number of halogens is 1. The molecule has 0 saturated heterocycles. The molecule has 2 aliphatic rings. The molecule has 96 valence electrons. The molecule has 1 N–H and O–H groups in total. The molecule has 0 amide bonds. The zero-order valence-electron chi connectivity index (χ0n) is 10.4. The molecule has 0 aromatic carbocycles. The summed E-state index contributed by atoms with van der Waals surface area (Å²) in [5, 5.41) is 3.32. The molecular weight excluding hydrogens is 243 g/mol. The van der Waals surface area contributed by atoms with Gasteiger partial charge in [0.15, 0.2) is 5.82 Å². The highest BCUT2D eigenvalue weighted by atomic mass is 19.1. The molecule has 1 saturated carbocycles. The van der Waals surface area contributed by atoms with Crippen molar-refractivity contribution in [3.8, 4) is 11.5 Å². The van der Waals surface area contributed by atoms with Gasteiger partial charge in [0.2, 0.25) is 0 Å². The molecule has 1 aliphatic heterocycles. The van der Waals surface area contributed by atoms with Gasteiger partial charge in [0, 0.05) is 24.6 Å². The van der Waals surface area contributed by atoms with Crippen molar-refractivity contribution in [2.75, 3.05) is 0 Å². The Morgan fingerprint density at radius 1 is 1.16 bits per heavy atom. The van der Waals surface area contributed by atoms with Crippen LogP contribution < -0.4 is 5.32 Å². The maximum atomic E-state index is 12.9. The Labute approximate surface area is 110 Å². The van der Waals surface area contributed by atoms with Crippen LogP contribution in [0, 0.1) is 5.82 Å². The van der Waals surface area contributed by atoms with Crippen LogP contribution in [0.2, 0.25) is 0 Å². The molecule has 0 atom stereocenters. The zero-order valence-corrected chi connectivity index (χ0v) is 10.4. The summed E-state index contributed by atoms with van der Waals surface area (Å²) in [6.07, 6.45) is 3.63. The second-order valence-electron chi connectivity index (χ2n) is 5.10. The minimum Gasteiger partial charge on any atom is -0.307 e. The van der Waals surface area contributed by atoms with Crippen LogP contribution in [-0.2, 0) is 13.1 Å². The van der Waals surface area contributed by atoms with Gasteiger partial charge in [0.05, 0.1) is 17.6 Å². The van der Waals surface area contributed by atoms with Crippen LogP contribution in [0.4, 0.5) is 4.39 Å². The molecule has 1 fully saturated rings. The summed E-state index contributed by atoms with van der Waals surface area (Å²) in [5.41, 5.74) is 4.13. The minimum atomic E-state index is -0.339. The number of hydrogen-bond acceptors (Lipinski definition) is 4. The number of pyridine rings is 1. The SMILES string of the molecule is Fc1ccc(-c2nc3c(c(C4CC4)n2)CNC3)nc1. The first-order valence-electron chi connectivity index (χ1n) is 6.53. The maximum absolute atomic E-state index is 12.9. The van der Waals surface area contributed by atoms with Gasteiger partial charge in [-0.1, -0.05) is 0 Å². The Kier molecular flexibility index (Phi) is 2.35. The van der Waals surface area contributed by atoms with E-state index in [1.165, 1.54) is 30.7 Å². The van der Waals surface area contributed by atoms with E-state index in [4.69, 9.17) is 0 Å². The van der Waals surface area contributed by atoms with E-state index in [2.05, 4.69) is 20.3 Å². The van der Waals surface area contributed by atoms with E-state index in [0.29, 0.717) is 17.4 Å². The fourth-order valence-electron chi connectivity index (χ4n) is 2.51. The van der Waals surface area contributed by atoms with Crippen LogP contribution in [-0.4, -0.2) is 15.0 Å². The second-order valence-corrected chi connectivity index (χ2v) is 5.10. The molecule has 0 bridgehead atoms. The van der Waals surface area contributed by atoms with Crippen molar-refractivity contribution in [1.29, 1.82) is 0 Å². The topological polar surface area (TPSA) is 50.7 Å². The maximum Gasteiger partial charge on any atom is 0.178 e. The Hall–Kier alpha value is -1.88. The predicted octanol–water partition coefficient (Wildman–Crippen LogP) is 2.16. The Bertz CT molecular complexity index is 635. The van der Waals surface area contributed by atoms with E-state index < -0.39 is 0 Å². The normalized spacial score (nSPS) is 17.5. The quantitative estimate of drug-likeness (QED) is 0.894. The minimum absolute atomic E-state index is 0.339. The fourth-order valence-corrected chi connectivity index (χ4v) is 2.51. The number of nitrogens with one attached hydrogen (secondary N) is 1. The summed E-state index contributed by atoms with van der Waals surface area (Å²) in [4.78, 5) is 13.3. The lowest BCUT2D eigenvalue weighted by Gasteiger charge is -2.08. The summed E-state index contributed by atoms with van der Waals surface area (Å²) in [5.74, 6) is 0.856. The van der Waals surface area contributed by atoms with Gasteiger partial charge >= 0.3 is 0 Å².